The Morgan fingerprint density at radius 3 is 2.00 bits per heavy atom. The molecule has 100 valence electrons. The summed E-state index contributed by atoms with van der Waals surface area (Å²) in [7, 11) is 1.74. The molecule has 0 saturated heterocycles. The minimum Gasteiger partial charge on any atom is -0.481 e. The van der Waals surface area contributed by atoms with Crippen molar-refractivity contribution < 1.29 is 14.7 Å². The monoisotopic (exact) mass is 243 g/mol. The molecule has 0 saturated carbocycles. The van der Waals surface area contributed by atoms with Crippen molar-refractivity contribution in [1.82, 2.24) is 4.90 Å². The van der Waals surface area contributed by atoms with Crippen LogP contribution in [0.4, 0.5) is 0 Å². The topological polar surface area (TPSA) is 57.6 Å². The summed E-state index contributed by atoms with van der Waals surface area (Å²) in [5, 5.41) is 9.27. The highest BCUT2D eigenvalue weighted by Gasteiger charge is 2.37. The van der Waals surface area contributed by atoms with Gasteiger partial charge in [-0.15, -0.1) is 0 Å². The molecule has 1 amide bonds. The normalized spacial score (nSPS) is 11.6. The van der Waals surface area contributed by atoms with Crippen LogP contribution < -0.4 is 0 Å². The molecule has 0 unspecified atom stereocenters. The van der Waals surface area contributed by atoms with Crippen molar-refractivity contribution in [3.8, 4) is 0 Å². The molecule has 0 heterocycles. The fraction of sp³-hybridized carbons (Fsp3) is 0.846. The van der Waals surface area contributed by atoms with Crippen LogP contribution in [0.5, 0.6) is 0 Å². The Morgan fingerprint density at radius 1 is 1.24 bits per heavy atom. The zero-order valence-electron chi connectivity index (χ0n) is 11.6. The van der Waals surface area contributed by atoms with E-state index in [4.69, 9.17) is 0 Å². The predicted molar refractivity (Wildman–Crippen MR) is 67.7 cm³/mol. The lowest BCUT2D eigenvalue weighted by Crippen LogP contribution is -2.38. The molecule has 0 spiro atoms. The first kappa shape index (κ1) is 15.9. The second kappa shape index (κ2) is 6.62. The van der Waals surface area contributed by atoms with Crippen LogP contribution in [0.25, 0.3) is 0 Å². The predicted octanol–water partition coefficient (Wildman–Crippen LogP) is 2.38. The zero-order valence-corrected chi connectivity index (χ0v) is 11.6. The molecule has 0 rings (SSSR count). The Morgan fingerprint density at radius 2 is 1.71 bits per heavy atom. The molecular formula is C13H25NO3. The Kier molecular flexibility index (Phi) is 6.21. The highest BCUT2D eigenvalue weighted by atomic mass is 16.4. The fourth-order valence-corrected chi connectivity index (χ4v) is 1.95. The lowest BCUT2D eigenvalue weighted by molar-refractivity contribution is -0.154. The third-order valence-corrected chi connectivity index (χ3v) is 3.36. The first-order valence-electron chi connectivity index (χ1n) is 6.26. The van der Waals surface area contributed by atoms with Gasteiger partial charge in [0.1, 0.15) is 0 Å². The number of rotatable bonds is 7. The molecule has 0 aliphatic carbocycles. The highest BCUT2D eigenvalue weighted by molar-refractivity contribution is 5.84. The second-order valence-corrected chi connectivity index (χ2v) is 5.14. The second-order valence-electron chi connectivity index (χ2n) is 5.14. The fourth-order valence-electron chi connectivity index (χ4n) is 1.95. The minimum atomic E-state index is -0.900. The maximum Gasteiger partial charge on any atom is 0.310 e. The standard InChI is InChI=1S/C13H25NO3/c1-6-13(7-2,12(16)17)8-11(15)14(5)9-10(3)4/h10H,6-9H2,1-5H3,(H,16,17). The molecule has 0 bridgehead atoms. The van der Waals surface area contributed by atoms with Crippen LogP contribution in [0, 0.1) is 11.3 Å². The van der Waals surface area contributed by atoms with Crippen LogP contribution in [0.3, 0.4) is 0 Å². The van der Waals surface area contributed by atoms with E-state index in [-0.39, 0.29) is 12.3 Å². The number of carbonyl (C=O) groups excluding carboxylic acids is 1. The summed E-state index contributed by atoms with van der Waals surface area (Å²) < 4.78 is 0. The summed E-state index contributed by atoms with van der Waals surface area (Å²) in [6.45, 7) is 8.39. The summed E-state index contributed by atoms with van der Waals surface area (Å²) in [6, 6.07) is 0. The minimum absolute atomic E-state index is 0.0789. The summed E-state index contributed by atoms with van der Waals surface area (Å²) in [5.41, 5.74) is -0.900. The Bertz CT molecular complexity index is 270. The van der Waals surface area contributed by atoms with Crippen molar-refractivity contribution in [2.24, 2.45) is 11.3 Å². The van der Waals surface area contributed by atoms with Gasteiger partial charge >= 0.3 is 5.97 Å². The SMILES string of the molecule is CCC(CC)(CC(=O)N(C)CC(C)C)C(=O)O. The number of carbonyl (C=O) groups is 2. The molecule has 1 N–H and O–H groups in total. The molecule has 4 heteroatoms. The van der Waals surface area contributed by atoms with Gasteiger partial charge in [0.05, 0.1) is 5.41 Å². The lowest BCUT2D eigenvalue weighted by Gasteiger charge is -2.29. The average molecular weight is 243 g/mol. The molecule has 0 aliphatic heterocycles. The Hall–Kier alpha value is -1.06. The zero-order chi connectivity index (χ0) is 13.6. The summed E-state index contributed by atoms with van der Waals surface area (Å²) >= 11 is 0. The van der Waals surface area contributed by atoms with E-state index in [0.717, 1.165) is 0 Å². The number of aliphatic carboxylic acids is 1. The third-order valence-electron chi connectivity index (χ3n) is 3.36. The highest BCUT2D eigenvalue weighted by Crippen LogP contribution is 2.31. The van der Waals surface area contributed by atoms with Crippen molar-refractivity contribution in [1.29, 1.82) is 0 Å². The van der Waals surface area contributed by atoms with Gasteiger partial charge in [-0.1, -0.05) is 27.7 Å². The molecule has 0 aliphatic rings. The van der Waals surface area contributed by atoms with Gasteiger partial charge in [-0.3, -0.25) is 9.59 Å². The van der Waals surface area contributed by atoms with Gasteiger partial charge in [-0.25, -0.2) is 0 Å². The summed E-state index contributed by atoms with van der Waals surface area (Å²) in [6.07, 6.45) is 1.07. The number of amides is 1. The number of nitrogens with zero attached hydrogens (tertiary/aromatic N) is 1. The quantitative estimate of drug-likeness (QED) is 0.747. The van der Waals surface area contributed by atoms with E-state index in [2.05, 4.69) is 0 Å². The lowest BCUT2D eigenvalue weighted by atomic mass is 9.79. The molecule has 0 aromatic rings. The summed E-state index contributed by atoms with van der Waals surface area (Å²) in [4.78, 5) is 24.9. The maximum atomic E-state index is 12.0. The van der Waals surface area contributed by atoms with Crippen molar-refractivity contribution in [3.63, 3.8) is 0 Å². The molecular weight excluding hydrogens is 218 g/mol. The van der Waals surface area contributed by atoms with Gasteiger partial charge in [0.25, 0.3) is 0 Å². The van der Waals surface area contributed by atoms with Gasteiger partial charge in [0.15, 0.2) is 0 Å². The molecule has 4 nitrogen and oxygen atoms in total. The van der Waals surface area contributed by atoms with E-state index in [1.165, 1.54) is 0 Å². The van der Waals surface area contributed by atoms with Gasteiger partial charge in [0.2, 0.25) is 5.91 Å². The van der Waals surface area contributed by atoms with E-state index >= 15 is 0 Å². The van der Waals surface area contributed by atoms with E-state index in [1.807, 2.05) is 27.7 Å². The Labute approximate surface area is 104 Å². The smallest absolute Gasteiger partial charge is 0.310 e. The largest absolute Gasteiger partial charge is 0.481 e. The number of hydrogen-bond donors (Lipinski definition) is 1. The molecule has 0 fully saturated rings. The van der Waals surface area contributed by atoms with Crippen LogP contribution in [0.1, 0.15) is 47.0 Å². The van der Waals surface area contributed by atoms with Crippen LogP contribution in [-0.4, -0.2) is 35.5 Å². The van der Waals surface area contributed by atoms with Crippen LogP contribution >= 0.6 is 0 Å². The van der Waals surface area contributed by atoms with Crippen molar-refractivity contribution in [2.75, 3.05) is 13.6 Å². The van der Waals surface area contributed by atoms with E-state index in [1.54, 1.807) is 11.9 Å². The van der Waals surface area contributed by atoms with Crippen molar-refractivity contribution >= 4 is 11.9 Å². The first-order chi connectivity index (χ1) is 7.79. The van der Waals surface area contributed by atoms with E-state index in [0.29, 0.717) is 25.3 Å². The molecule has 0 atom stereocenters. The van der Waals surface area contributed by atoms with E-state index in [9.17, 15) is 14.7 Å². The molecule has 0 radical (unpaired) electrons. The maximum absolute atomic E-state index is 12.0. The molecule has 0 aromatic carbocycles. The third kappa shape index (κ3) is 4.36. The molecule has 0 aromatic heterocycles. The first-order valence-corrected chi connectivity index (χ1v) is 6.26. The van der Waals surface area contributed by atoms with Gasteiger partial charge in [-0.05, 0) is 18.8 Å². The van der Waals surface area contributed by atoms with Crippen LogP contribution in [0.15, 0.2) is 0 Å². The number of carboxylic acids is 1. The molecule has 17 heavy (non-hydrogen) atoms. The van der Waals surface area contributed by atoms with Gasteiger partial charge in [-0.2, -0.15) is 0 Å². The van der Waals surface area contributed by atoms with Crippen molar-refractivity contribution in [2.45, 2.75) is 47.0 Å². The van der Waals surface area contributed by atoms with Gasteiger partial charge < -0.3 is 10.0 Å². The summed E-state index contributed by atoms with van der Waals surface area (Å²) in [5.74, 6) is -0.551. The number of hydrogen-bond acceptors (Lipinski definition) is 2. The van der Waals surface area contributed by atoms with Crippen LogP contribution in [-0.2, 0) is 9.59 Å². The van der Waals surface area contributed by atoms with Crippen LogP contribution in [0.2, 0.25) is 0 Å². The van der Waals surface area contributed by atoms with Gasteiger partial charge in [0, 0.05) is 20.0 Å². The van der Waals surface area contributed by atoms with Crippen molar-refractivity contribution in [3.05, 3.63) is 0 Å². The Balaban J connectivity index is 4.67. The number of carboxylic acid groups (broad SMARTS) is 1. The average Bonchev–Trinajstić information content (AvgIpc) is 2.24. The van der Waals surface area contributed by atoms with E-state index < -0.39 is 11.4 Å².